The van der Waals surface area contributed by atoms with Crippen molar-refractivity contribution in [2.24, 2.45) is 17.6 Å². The molecule has 3 heteroatoms. The van der Waals surface area contributed by atoms with Crippen LogP contribution in [0.2, 0.25) is 0 Å². The van der Waals surface area contributed by atoms with Crippen molar-refractivity contribution in [1.82, 2.24) is 4.90 Å². The van der Waals surface area contributed by atoms with Crippen LogP contribution in [0.15, 0.2) is 36.1 Å². The number of allylic oxidation sites excluding steroid dienone is 5. The Morgan fingerprint density at radius 1 is 1.16 bits per heavy atom. The van der Waals surface area contributed by atoms with Crippen LogP contribution in [-0.4, -0.2) is 23.9 Å². The van der Waals surface area contributed by atoms with E-state index in [1.807, 2.05) is 17.9 Å². The Bertz CT molecular complexity index is 422. The number of hydrogen-bond donors (Lipinski definition) is 1. The van der Waals surface area contributed by atoms with Gasteiger partial charge in [-0.05, 0) is 42.9 Å². The zero-order valence-corrected chi connectivity index (χ0v) is 17.8. The zero-order valence-electron chi connectivity index (χ0n) is 17.8. The minimum Gasteiger partial charge on any atom is -0.331 e. The molecule has 3 nitrogen and oxygen atoms in total. The van der Waals surface area contributed by atoms with Gasteiger partial charge >= 0.3 is 0 Å². The van der Waals surface area contributed by atoms with E-state index in [1.54, 1.807) is 6.92 Å². The number of carbonyl (C=O) groups is 1. The summed E-state index contributed by atoms with van der Waals surface area (Å²) in [6.07, 6.45) is 10.4. The van der Waals surface area contributed by atoms with Crippen molar-refractivity contribution in [3.8, 4) is 0 Å². The highest BCUT2D eigenvalue weighted by molar-refractivity contribution is 5.75. The van der Waals surface area contributed by atoms with Gasteiger partial charge in [0.25, 0.3) is 0 Å². The van der Waals surface area contributed by atoms with Gasteiger partial charge in [-0.1, -0.05) is 73.1 Å². The van der Waals surface area contributed by atoms with Crippen LogP contribution >= 0.6 is 0 Å². The highest BCUT2D eigenvalue weighted by Gasteiger charge is 2.15. The van der Waals surface area contributed by atoms with E-state index in [1.165, 1.54) is 5.57 Å². The van der Waals surface area contributed by atoms with Crippen LogP contribution in [0.4, 0.5) is 0 Å². The molecule has 0 saturated heterocycles. The fraction of sp³-hybridized carbons (Fsp3) is 0.682. The third-order valence-electron chi connectivity index (χ3n) is 4.09. The van der Waals surface area contributed by atoms with Gasteiger partial charge < -0.3 is 10.6 Å². The van der Waals surface area contributed by atoms with Crippen LogP contribution < -0.4 is 5.73 Å². The van der Waals surface area contributed by atoms with Gasteiger partial charge in [-0.15, -0.1) is 0 Å². The summed E-state index contributed by atoms with van der Waals surface area (Å²) in [4.78, 5) is 14.0. The second kappa shape index (κ2) is 16.1. The molecule has 1 atom stereocenters. The van der Waals surface area contributed by atoms with Crippen molar-refractivity contribution in [3.05, 3.63) is 36.1 Å². The lowest BCUT2D eigenvalue weighted by molar-refractivity contribution is -0.127. The number of amides is 1. The third-order valence-corrected chi connectivity index (χ3v) is 4.09. The molecule has 0 aliphatic heterocycles. The molecule has 25 heavy (non-hydrogen) atoms. The van der Waals surface area contributed by atoms with E-state index in [2.05, 4.69) is 53.3 Å². The molecule has 0 heterocycles. The van der Waals surface area contributed by atoms with Crippen LogP contribution in [0, 0.1) is 11.8 Å². The van der Waals surface area contributed by atoms with E-state index in [4.69, 9.17) is 5.73 Å². The predicted molar refractivity (Wildman–Crippen MR) is 112 cm³/mol. The van der Waals surface area contributed by atoms with Crippen LogP contribution in [0.3, 0.4) is 0 Å². The first-order chi connectivity index (χ1) is 11.8. The normalized spacial score (nSPS) is 13.2. The minimum atomic E-state index is 0.140. The Labute approximate surface area is 157 Å². The second-order valence-corrected chi connectivity index (χ2v) is 6.83. The number of nitrogens with zero attached hydrogens (tertiary/aromatic N) is 1. The van der Waals surface area contributed by atoms with Gasteiger partial charge in [0.15, 0.2) is 0 Å². The van der Waals surface area contributed by atoms with Gasteiger partial charge in [-0.3, -0.25) is 4.79 Å². The van der Waals surface area contributed by atoms with E-state index < -0.39 is 0 Å². The van der Waals surface area contributed by atoms with Crippen LogP contribution in [0.1, 0.15) is 74.1 Å². The largest absolute Gasteiger partial charge is 0.331 e. The molecule has 0 aromatic rings. The smallest absolute Gasteiger partial charge is 0.223 e. The summed E-state index contributed by atoms with van der Waals surface area (Å²) < 4.78 is 0. The molecular weight excluding hydrogens is 308 g/mol. The topological polar surface area (TPSA) is 46.3 Å². The van der Waals surface area contributed by atoms with Gasteiger partial charge in [0.1, 0.15) is 0 Å². The first kappa shape index (κ1) is 25.9. The minimum absolute atomic E-state index is 0.140. The van der Waals surface area contributed by atoms with E-state index in [0.29, 0.717) is 11.8 Å². The quantitative estimate of drug-likeness (QED) is 0.515. The molecule has 146 valence electrons. The average molecular weight is 351 g/mol. The number of carbonyl (C=O) groups excluding carboxylic acids is 1. The lowest BCUT2D eigenvalue weighted by Gasteiger charge is -2.26. The molecule has 0 aliphatic rings. The summed E-state index contributed by atoms with van der Waals surface area (Å²) in [6, 6.07) is 0. The van der Waals surface area contributed by atoms with Gasteiger partial charge in [0, 0.05) is 19.2 Å². The van der Waals surface area contributed by atoms with Gasteiger partial charge in [-0.25, -0.2) is 0 Å². The van der Waals surface area contributed by atoms with Gasteiger partial charge in [0.2, 0.25) is 5.91 Å². The van der Waals surface area contributed by atoms with Crippen LogP contribution in [0.25, 0.3) is 0 Å². The third kappa shape index (κ3) is 12.6. The van der Waals surface area contributed by atoms with E-state index in [-0.39, 0.29) is 5.91 Å². The first-order valence-corrected chi connectivity index (χ1v) is 9.80. The van der Waals surface area contributed by atoms with Crippen molar-refractivity contribution in [3.63, 3.8) is 0 Å². The Balaban J connectivity index is 0. The highest BCUT2D eigenvalue weighted by Crippen LogP contribution is 2.21. The van der Waals surface area contributed by atoms with Gasteiger partial charge in [0.05, 0.1) is 0 Å². The summed E-state index contributed by atoms with van der Waals surface area (Å²) in [5.41, 5.74) is 7.19. The molecule has 0 spiro atoms. The molecule has 0 aromatic carbocycles. The van der Waals surface area contributed by atoms with E-state index in [9.17, 15) is 4.79 Å². The first-order valence-electron chi connectivity index (χ1n) is 9.80. The Hall–Kier alpha value is -1.35. The summed E-state index contributed by atoms with van der Waals surface area (Å²) in [5.74, 6) is 1.16. The molecule has 2 N–H and O–H groups in total. The fourth-order valence-electron chi connectivity index (χ4n) is 2.28. The summed E-state index contributed by atoms with van der Waals surface area (Å²) in [5, 5.41) is 0. The molecule has 0 rings (SSSR count). The summed E-state index contributed by atoms with van der Waals surface area (Å²) >= 11 is 0. The summed E-state index contributed by atoms with van der Waals surface area (Å²) in [7, 11) is 0. The van der Waals surface area contributed by atoms with Crippen molar-refractivity contribution in [2.75, 3.05) is 13.1 Å². The van der Waals surface area contributed by atoms with E-state index >= 15 is 0 Å². The standard InChI is InChI=1S/C20H35NO.C2H7N/c1-8-11-14-21(18(7)22)20(15-17(6)9-2)13-12-19(10-3)16(4)5;1-2-3/h10,12-13,16-17H,3,8-9,11,14-15H2,1-2,4-7H3;2-3H2,1H3/b19-12+,20-13+;. The molecule has 0 fully saturated rings. The number of rotatable bonds is 10. The molecule has 0 radical (unpaired) electrons. The predicted octanol–water partition coefficient (Wildman–Crippen LogP) is 5.69. The van der Waals surface area contributed by atoms with Gasteiger partial charge in [-0.2, -0.15) is 0 Å². The Kier molecular flexibility index (Phi) is 16.7. The zero-order chi connectivity index (χ0) is 19.8. The average Bonchev–Trinajstić information content (AvgIpc) is 2.55. The molecule has 1 unspecified atom stereocenters. The molecule has 0 saturated carbocycles. The molecule has 0 aromatic heterocycles. The maximum Gasteiger partial charge on any atom is 0.223 e. The highest BCUT2D eigenvalue weighted by atomic mass is 16.2. The van der Waals surface area contributed by atoms with Crippen molar-refractivity contribution < 1.29 is 4.79 Å². The maximum absolute atomic E-state index is 12.1. The molecule has 0 bridgehead atoms. The number of nitrogens with two attached hydrogens (primary N) is 1. The fourth-order valence-corrected chi connectivity index (χ4v) is 2.28. The lowest BCUT2D eigenvalue weighted by Crippen LogP contribution is -2.30. The molecule has 0 aliphatic carbocycles. The Morgan fingerprint density at radius 2 is 1.72 bits per heavy atom. The van der Waals surface area contributed by atoms with Crippen molar-refractivity contribution in [1.29, 1.82) is 0 Å². The number of hydrogen-bond acceptors (Lipinski definition) is 2. The van der Waals surface area contributed by atoms with E-state index in [0.717, 1.165) is 44.5 Å². The molecule has 1 amide bonds. The SMILES string of the molecule is C=C/C(=C\C=C(/CC(C)CC)N(CCCC)C(C)=O)C(C)C.CCN. The molecular formula is C22H42N2O. The summed E-state index contributed by atoms with van der Waals surface area (Å²) in [6.45, 7) is 19.9. The monoisotopic (exact) mass is 350 g/mol. The van der Waals surface area contributed by atoms with Crippen LogP contribution in [-0.2, 0) is 4.79 Å². The van der Waals surface area contributed by atoms with Crippen molar-refractivity contribution in [2.45, 2.75) is 74.1 Å². The van der Waals surface area contributed by atoms with Crippen molar-refractivity contribution >= 4 is 5.91 Å². The maximum atomic E-state index is 12.1. The lowest BCUT2D eigenvalue weighted by atomic mass is 9.99. The number of unbranched alkanes of at least 4 members (excludes halogenated alkanes) is 1. The van der Waals surface area contributed by atoms with Crippen LogP contribution in [0.5, 0.6) is 0 Å². The Morgan fingerprint density at radius 3 is 2.08 bits per heavy atom. The second-order valence-electron chi connectivity index (χ2n) is 6.83.